The molecule has 5 rings (SSSR count). The number of nitrogens with zero attached hydrogens (tertiary/aromatic N) is 4. The van der Waals surface area contributed by atoms with Crippen LogP contribution in [0.25, 0.3) is 11.2 Å². The van der Waals surface area contributed by atoms with E-state index in [0.29, 0.717) is 11.3 Å². The van der Waals surface area contributed by atoms with E-state index in [2.05, 4.69) is 9.97 Å². The molecule has 0 saturated carbocycles. The van der Waals surface area contributed by atoms with Crippen LogP contribution in [-0.2, 0) is 31.0 Å². The zero-order valence-corrected chi connectivity index (χ0v) is 26.6. The summed E-state index contributed by atoms with van der Waals surface area (Å²) in [5.74, 6) is -1.52. The van der Waals surface area contributed by atoms with Gasteiger partial charge in [0.25, 0.3) is 6.08 Å². The molecular formula is C31H36FN5O9. The minimum atomic E-state index is -1.32. The molecule has 0 amide bonds. The minimum Gasteiger partial charge on any atom is -0.457 e. The Kier molecular flexibility index (Phi) is 8.51. The molecule has 1 aliphatic rings. The van der Waals surface area contributed by atoms with Gasteiger partial charge >= 0.3 is 17.8 Å². The van der Waals surface area contributed by atoms with Crippen LogP contribution in [0.2, 0.25) is 0 Å². The van der Waals surface area contributed by atoms with Gasteiger partial charge in [0, 0.05) is 17.9 Å². The number of hydrogen-bond donors (Lipinski definition) is 2. The van der Waals surface area contributed by atoms with Crippen molar-refractivity contribution in [1.29, 1.82) is 5.41 Å². The second kappa shape index (κ2) is 11.9. The number of hydrogen-bond acceptors (Lipinski definition) is 12. The normalized spacial score (nSPS) is 19.9. The first-order valence-corrected chi connectivity index (χ1v) is 14.6. The Labute approximate surface area is 262 Å². The monoisotopic (exact) mass is 641 g/mol. The lowest BCUT2D eigenvalue weighted by Gasteiger charge is -2.33. The van der Waals surface area contributed by atoms with Crippen LogP contribution in [0.1, 0.15) is 68.4 Å². The van der Waals surface area contributed by atoms with Gasteiger partial charge in [-0.1, -0.05) is 19.9 Å². The van der Waals surface area contributed by atoms with Crippen molar-refractivity contribution in [3.8, 4) is 5.75 Å². The van der Waals surface area contributed by atoms with Crippen LogP contribution >= 0.6 is 0 Å². The summed E-state index contributed by atoms with van der Waals surface area (Å²) in [6.45, 7) is 10.9. The summed E-state index contributed by atoms with van der Waals surface area (Å²) in [6.07, 6.45) is -0.891. The maximum Gasteiger partial charge on any atom is 0.519 e. The second-order valence-corrected chi connectivity index (χ2v) is 12.4. The fourth-order valence-corrected chi connectivity index (χ4v) is 6.13. The van der Waals surface area contributed by atoms with Crippen LogP contribution < -0.4 is 16.0 Å². The summed E-state index contributed by atoms with van der Waals surface area (Å²) in [6, 6.07) is 2.89. The molecule has 0 unspecified atom stereocenters. The molecule has 0 aliphatic carbocycles. The number of carbonyl (C=O) groups is 2. The molecule has 3 aromatic heterocycles. The largest absolute Gasteiger partial charge is 0.519 e. The summed E-state index contributed by atoms with van der Waals surface area (Å²) < 4.78 is 44.9. The van der Waals surface area contributed by atoms with E-state index >= 15 is 4.39 Å². The van der Waals surface area contributed by atoms with Crippen LogP contribution in [0, 0.1) is 32.3 Å². The molecule has 46 heavy (non-hydrogen) atoms. The standard InChI is InChI=1S/C31H36FN5O9/c1-15-8-16(2)23(20(9-15)44-18(4)39)30(5,6)10-22(40)46-25-19(12-42-31(25,7)13-38)37-14-34-24-26(33)36(28(32)35-27(24)37)11-21-17(3)43-29(41)45-21/h8-9,14,19,25,33,38H,10-13H2,1-7H3/t19-,25+,31-/m1/s1. The topological polar surface area (TPSA) is 185 Å². The van der Waals surface area contributed by atoms with Crippen LogP contribution in [0.3, 0.4) is 0 Å². The molecule has 0 spiro atoms. The van der Waals surface area contributed by atoms with Gasteiger partial charge in [0.1, 0.15) is 17.1 Å². The van der Waals surface area contributed by atoms with Gasteiger partial charge in [-0.3, -0.25) is 19.6 Å². The lowest BCUT2D eigenvalue weighted by Crippen LogP contribution is -2.46. The highest BCUT2D eigenvalue weighted by Gasteiger charge is 2.51. The van der Waals surface area contributed by atoms with Gasteiger partial charge in [0.2, 0.25) is 0 Å². The van der Waals surface area contributed by atoms with Gasteiger partial charge in [-0.2, -0.15) is 9.37 Å². The van der Waals surface area contributed by atoms with Crippen molar-refractivity contribution < 1.29 is 42.1 Å². The highest BCUT2D eigenvalue weighted by Crippen LogP contribution is 2.41. The van der Waals surface area contributed by atoms with Crippen LogP contribution in [0.4, 0.5) is 4.39 Å². The zero-order valence-electron chi connectivity index (χ0n) is 26.6. The van der Waals surface area contributed by atoms with Crippen molar-refractivity contribution in [3.05, 3.63) is 68.9 Å². The number of rotatable bonds is 9. The molecule has 1 saturated heterocycles. The third kappa shape index (κ3) is 5.99. The number of esters is 2. The first-order valence-electron chi connectivity index (χ1n) is 14.6. The quantitative estimate of drug-likeness (QED) is 0.156. The SMILES string of the molecule is CC(=O)Oc1cc(C)cc(C)c1C(C)(C)CC(=O)O[C@H]1[C@H](n2cnc3c(=N)n(Cc4oc(=O)oc4C)c(F)nc32)CO[C@]1(C)CO. The molecule has 1 fully saturated rings. The fourth-order valence-electron chi connectivity index (χ4n) is 6.13. The lowest BCUT2D eigenvalue weighted by atomic mass is 9.78. The average Bonchev–Trinajstić information content (AvgIpc) is 3.60. The molecule has 0 bridgehead atoms. The summed E-state index contributed by atoms with van der Waals surface area (Å²) in [5.41, 5.74) is -0.0836. The average molecular weight is 642 g/mol. The van der Waals surface area contributed by atoms with E-state index in [0.717, 1.165) is 15.7 Å². The highest BCUT2D eigenvalue weighted by molar-refractivity contribution is 5.74. The van der Waals surface area contributed by atoms with E-state index in [4.69, 9.17) is 28.5 Å². The molecule has 246 valence electrons. The fraction of sp³-hybridized carbons (Fsp3) is 0.484. The number of aliphatic hydroxyl groups excluding tert-OH is 1. The first kappa shape index (κ1) is 32.8. The van der Waals surface area contributed by atoms with E-state index in [1.807, 2.05) is 33.8 Å². The Balaban J connectivity index is 1.46. The van der Waals surface area contributed by atoms with Crippen molar-refractivity contribution in [2.75, 3.05) is 13.2 Å². The molecule has 0 radical (unpaired) electrons. The first-order chi connectivity index (χ1) is 21.5. The summed E-state index contributed by atoms with van der Waals surface area (Å²) in [7, 11) is 0. The van der Waals surface area contributed by atoms with Gasteiger partial charge in [-0.05, 0) is 44.9 Å². The van der Waals surface area contributed by atoms with E-state index in [1.54, 1.807) is 13.0 Å². The maximum atomic E-state index is 15.3. The number of halogens is 1. The highest BCUT2D eigenvalue weighted by atomic mass is 19.1. The van der Waals surface area contributed by atoms with Gasteiger partial charge in [-0.15, -0.1) is 0 Å². The molecule has 14 nitrogen and oxygen atoms in total. The Morgan fingerprint density at radius 3 is 2.59 bits per heavy atom. The number of carbonyl (C=O) groups excluding carboxylic acids is 2. The molecule has 1 aliphatic heterocycles. The van der Waals surface area contributed by atoms with Gasteiger partial charge < -0.3 is 32.7 Å². The number of ether oxygens (including phenoxy) is 3. The number of benzene rings is 1. The third-order valence-corrected chi connectivity index (χ3v) is 8.25. The molecule has 3 atom stereocenters. The number of aliphatic hydroxyl groups is 1. The Bertz CT molecular complexity index is 1960. The Morgan fingerprint density at radius 2 is 1.96 bits per heavy atom. The molecule has 1 aromatic carbocycles. The van der Waals surface area contributed by atoms with Crippen molar-refractivity contribution >= 4 is 23.1 Å². The predicted molar refractivity (Wildman–Crippen MR) is 158 cm³/mol. The number of imidazole rings is 1. The maximum absolute atomic E-state index is 15.3. The molecule has 2 N–H and O–H groups in total. The minimum absolute atomic E-state index is 0.0115. The van der Waals surface area contributed by atoms with Crippen molar-refractivity contribution in [2.45, 2.75) is 84.6 Å². The lowest BCUT2D eigenvalue weighted by molar-refractivity contribution is -0.163. The Morgan fingerprint density at radius 1 is 1.24 bits per heavy atom. The molecular weight excluding hydrogens is 605 g/mol. The van der Waals surface area contributed by atoms with Gasteiger partial charge in [0.15, 0.2) is 28.5 Å². The van der Waals surface area contributed by atoms with Crippen molar-refractivity contribution in [2.24, 2.45) is 0 Å². The van der Waals surface area contributed by atoms with E-state index in [-0.39, 0.29) is 47.7 Å². The van der Waals surface area contributed by atoms with Crippen LogP contribution in [0.5, 0.6) is 5.75 Å². The zero-order chi connectivity index (χ0) is 33.7. The van der Waals surface area contributed by atoms with E-state index < -0.39 is 53.6 Å². The number of aromatic nitrogens is 4. The number of fused-ring (bicyclic) bond motifs is 1. The molecule has 4 aromatic rings. The third-order valence-electron chi connectivity index (χ3n) is 8.25. The molecule has 15 heteroatoms. The summed E-state index contributed by atoms with van der Waals surface area (Å²) in [4.78, 5) is 45.2. The summed E-state index contributed by atoms with van der Waals surface area (Å²) >= 11 is 0. The smallest absolute Gasteiger partial charge is 0.457 e. The van der Waals surface area contributed by atoms with Crippen LogP contribution in [-0.4, -0.2) is 61.1 Å². The van der Waals surface area contributed by atoms with E-state index in [1.165, 1.54) is 24.7 Å². The Hall–Kier alpha value is -4.63. The van der Waals surface area contributed by atoms with Crippen LogP contribution in [0.15, 0.2) is 32.1 Å². The number of aryl methyl sites for hydroxylation is 3. The van der Waals surface area contributed by atoms with E-state index in [9.17, 15) is 19.5 Å². The second-order valence-electron chi connectivity index (χ2n) is 12.4. The van der Waals surface area contributed by atoms with Crippen molar-refractivity contribution in [1.82, 2.24) is 19.1 Å². The predicted octanol–water partition coefficient (Wildman–Crippen LogP) is 2.90. The summed E-state index contributed by atoms with van der Waals surface area (Å²) in [5, 5.41) is 18.9. The van der Waals surface area contributed by atoms with Gasteiger partial charge in [-0.25, -0.2) is 9.78 Å². The van der Waals surface area contributed by atoms with Crippen molar-refractivity contribution in [3.63, 3.8) is 0 Å². The van der Waals surface area contributed by atoms with Gasteiger partial charge in [0.05, 0.1) is 38.5 Å². The number of nitrogens with one attached hydrogen (secondary N) is 1. The molecule has 4 heterocycles.